The second kappa shape index (κ2) is 5.37. The van der Waals surface area contributed by atoms with Crippen LogP contribution >= 0.6 is 0 Å². The maximum absolute atomic E-state index is 10.6. The van der Waals surface area contributed by atoms with Gasteiger partial charge >= 0.3 is 0 Å². The first kappa shape index (κ1) is 10.7. The Morgan fingerprint density at radius 3 is 2.50 bits per heavy atom. The molecule has 0 aliphatic rings. The van der Waals surface area contributed by atoms with Crippen molar-refractivity contribution in [3.05, 3.63) is 28.3 Å². The highest BCUT2D eigenvalue weighted by Crippen LogP contribution is 2.01. The van der Waals surface area contributed by atoms with Crippen molar-refractivity contribution < 1.29 is 14.6 Å². The molecule has 1 rings (SSSR count). The third-order valence-electron chi connectivity index (χ3n) is 1.02. The summed E-state index contributed by atoms with van der Waals surface area (Å²) in [5, 5.41) is 17.1. The molecule has 0 radical (unpaired) electrons. The Labute approximate surface area is 70.1 Å². The lowest BCUT2D eigenvalue weighted by Gasteiger charge is -1.92. The van der Waals surface area contributed by atoms with Crippen LogP contribution in [0.3, 0.4) is 0 Å². The molecular formula is C8H12O4. The molecule has 1 aromatic heterocycles. The van der Waals surface area contributed by atoms with E-state index >= 15 is 0 Å². The van der Waals surface area contributed by atoms with Gasteiger partial charge in [0.1, 0.15) is 18.6 Å². The zero-order valence-electron chi connectivity index (χ0n) is 7.07. The van der Waals surface area contributed by atoms with Gasteiger partial charge in [0.05, 0.1) is 0 Å². The summed E-state index contributed by atoms with van der Waals surface area (Å²) in [4.78, 5) is 10.6. The monoisotopic (exact) mass is 172 g/mol. The van der Waals surface area contributed by atoms with Gasteiger partial charge < -0.3 is 14.6 Å². The molecule has 0 spiro atoms. The van der Waals surface area contributed by atoms with Crippen LogP contribution in [0.5, 0.6) is 5.75 Å². The molecule has 1 aromatic rings. The topological polar surface area (TPSA) is 70.7 Å². The third-order valence-corrected chi connectivity index (χ3v) is 1.02. The number of rotatable bonds is 1. The standard InChI is InChI=1S/C6H6O4.C2H6/c7-2-4-1-5(8)6(9)3-10-4;1-2/h1,3,7,9H,2H2;1-2H3. The first-order chi connectivity index (χ1) is 5.74. The van der Waals surface area contributed by atoms with Crippen LogP contribution in [-0.4, -0.2) is 10.2 Å². The summed E-state index contributed by atoms with van der Waals surface area (Å²) in [5.74, 6) is -0.306. The largest absolute Gasteiger partial charge is 0.502 e. The summed E-state index contributed by atoms with van der Waals surface area (Å²) in [7, 11) is 0. The van der Waals surface area contributed by atoms with E-state index in [1.54, 1.807) is 0 Å². The SMILES string of the molecule is CC.O=c1cc(CO)occ1O. The molecule has 0 atom stereocenters. The minimum Gasteiger partial charge on any atom is -0.502 e. The molecule has 4 heteroatoms. The van der Waals surface area contributed by atoms with Crippen LogP contribution < -0.4 is 5.43 Å². The lowest BCUT2D eigenvalue weighted by atomic mass is 10.4. The number of hydrogen-bond donors (Lipinski definition) is 2. The van der Waals surface area contributed by atoms with Crippen molar-refractivity contribution in [3.8, 4) is 5.75 Å². The lowest BCUT2D eigenvalue weighted by Crippen LogP contribution is -1.99. The molecule has 4 nitrogen and oxygen atoms in total. The number of aliphatic hydroxyl groups excluding tert-OH is 1. The predicted molar refractivity (Wildman–Crippen MR) is 43.9 cm³/mol. The van der Waals surface area contributed by atoms with Crippen molar-refractivity contribution in [2.24, 2.45) is 0 Å². The van der Waals surface area contributed by atoms with E-state index in [1.165, 1.54) is 0 Å². The fourth-order valence-electron chi connectivity index (χ4n) is 0.527. The molecule has 1 heterocycles. The molecule has 0 aliphatic heterocycles. The average Bonchev–Trinajstić information content (AvgIpc) is 2.13. The quantitative estimate of drug-likeness (QED) is 0.659. The lowest BCUT2D eigenvalue weighted by molar-refractivity contribution is 0.241. The third kappa shape index (κ3) is 2.75. The Hall–Kier alpha value is -1.29. The van der Waals surface area contributed by atoms with Crippen molar-refractivity contribution in [3.63, 3.8) is 0 Å². The Bertz CT molecular complexity index is 277. The first-order valence-corrected chi connectivity index (χ1v) is 3.65. The van der Waals surface area contributed by atoms with Crippen LogP contribution in [0.2, 0.25) is 0 Å². The predicted octanol–water partition coefficient (Wildman–Crippen LogP) is 0.864. The molecule has 68 valence electrons. The molecule has 0 aromatic carbocycles. The van der Waals surface area contributed by atoms with E-state index in [1.807, 2.05) is 13.8 Å². The minimum atomic E-state index is -0.546. The van der Waals surface area contributed by atoms with Gasteiger partial charge in [-0.1, -0.05) is 13.8 Å². The van der Waals surface area contributed by atoms with Gasteiger partial charge in [0.15, 0.2) is 5.75 Å². The minimum absolute atomic E-state index is 0.141. The molecule has 12 heavy (non-hydrogen) atoms. The van der Waals surface area contributed by atoms with Crippen LogP contribution in [0.1, 0.15) is 19.6 Å². The van der Waals surface area contributed by atoms with Crippen LogP contribution in [0.25, 0.3) is 0 Å². The molecule has 0 fully saturated rings. The normalized spacial score (nSPS) is 8.58. The maximum atomic E-state index is 10.6. The van der Waals surface area contributed by atoms with Crippen molar-refractivity contribution in [2.75, 3.05) is 0 Å². The molecule has 0 bridgehead atoms. The van der Waals surface area contributed by atoms with Gasteiger partial charge in [-0.25, -0.2) is 0 Å². The van der Waals surface area contributed by atoms with E-state index in [0.29, 0.717) is 0 Å². The number of aliphatic hydroxyl groups is 1. The van der Waals surface area contributed by atoms with E-state index in [2.05, 4.69) is 4.42 Å². The van der Waals surface area contributed by atoms with Crippen LogP contribution in [0, 0.1) is 0 Å². The van der Waals surface area contributed by atoms with E-state index in [0.717, 1.165) is 12.3 Å². The second-order valence-corrected chi connectivity index (χ2v) is 1.75. The molecular weight excluding hydrogens is 160 g/mol. The summed E-state index contributed by atoms with van der Waals surface area (Å²) < 4.78 is 4.59. The molecule has 0 saturated carbocycles. The highest BCUT2D eigenvalue weighted by atomic mass is 16.4. The van der Waals surface area contributed by atoms with E-state index < -0.39 is 11.2 Å². The average molecular weight is 172 g/mol. The van der Waals surface area contributed by atoms with E-state index in [4.69, 9.17) is 10.2 Å². The summed E-state index contributed by atoms with van der Waals surface area (Å²) in [6, 6.07) is 1.04. The van der Waals surface area contributed by atoms with Gasteiger partial charge in [-0.15, -0.1) is 0 Å². The van der Waals surface area contributed by atoms with Crippen molar-refractivity contribution in [1.82, 2.24) is 0 Å². The zero-order valence-corrected chi connectivity index (χ0v) is 7.07. The maximum Gasteiger partial charge on any atom is 0.226 e. The summed E-state index contributed by atoms with van der Waals surface area (Å²) >= 11 is 0. The fraction of sp³-hybridized carbons (Fsp3) is 0.375. The Balaban J connectivity index is 0.000000561. The summed E-state index contributed by atoms with van der Waals surface area (Å²) in [6.45, 7) is 3.66. The molecule has 0 aliphatic carbocycles. The van der Waals surface area contributed by atoms with E-state index in [-0.39, 0.29) is 12.4 Å². The van der Waals surface area contributed by atoms with Crippen molar-refractivity contribution in [1.29, 1.82) is 0 Å². The van der Waals surface area contributed by atoms with Gasteiger partial charge in [-0.05, 0) is 0 Å². The van der Waals surface area contributed by atoms with Crippen LogP contribution in [-0.2, 0) is 6.61 Å². The van der Waals surface area contributed by atoms with Crippen LogP contribution in [0.4, 0.5) is 0 Å². The molecule has 2 N–H and O–H groups in total. The Morgan fingerprint density at radius 2 is 2.08 bits per heavy atom. The van der Waals surface area contributed by atoms with Gasteiger partial charge in [-0.3, -0.25) is 4.79 Å². The van der Waals surface area contributed by atoms with Crippen molar-refractivity contribution >= 4 is 0 Å². The Morgan fingerprint density at radius 1 is 1.50 bits per heavy atom. The molecule has 0 unspecified atom stereocenters. The van der Waals surface area contributed by atoms with E-state index in [9.17, 15) is 4.79 Å². The van der Waals surface area contributed by atoms with Gasteiger partial charge in [-0.2, -0.15) is 0 Å². The van der Waals surface area contributed by atoms with Crippen molar-refractivity contribution in [2.45, 2.75) is 20.5 Å². The number of aromatic hydroxyl groups is 1. The highest BCUT2D eigenvalue weighted by Gasteiger charge is 1.98. The Kier molecular flexibility index (Phi) is 4.79. The smallest absolute Gasteiger partial charge is 0.226 e. The first-order valence-electron chi connectivity index (χ1n) is 3.65. The summed E-state index contributed by atoms with van der Waals surface area (Å²) in [5.41, 5.74) is -0.546. The summed E-state index contributed by atoms with van der Waals surface area (Å²) in [6.07, 6.45) is 0.897. The second-order valence-electron chi connectivity index (χ2n) is 1.75. The number of hydrogen-bond acceptors (Lipinski definition) is 4. The van der Waals surface area contributed by atoms with Gasteiger partial charge in [0.25, 0.3) is 0 Å². The molecule has 0 amide bonds. The fourth-order valence-corrected chi connectivity index (χ4v) is 0.527. The highest BCUT2D eigenvalue weighted by molar-refractivity contribution is 5.14. The van der Waals surface area contributed by atoms with Gasteiger partial charge in [0.2, 0.25) is 5.43 Å². The zero-order chi connectivity index (χ0) is 9.56. The van der Waals surface area contributed by atoms with Crippen LogP contribution in [0.15, 0.2) is 21.5 Å². The molecule has 0 saturated heterocycles. The van der Waals surface area contributed by atoms with Gasteiger partial charge in [0, 0.05) is 6.07 Å².